The van der Waals surface area contributed by atoms with Crippen molar-refractivity contribution in [1.29, 1.82) is 0 Å². The molecule has 0 amide bonds. The molecule has 1 fully saturated rings. The van der Waals surface area contributed by atoms with Crippen LogP contribution in [0.2, 0.25) is 0 Å². The summed E-state index contributed by atoms with van der Waals surface area (Å²) in [6.07, 6.45) is 2.41. The zero-order valence-corrected chi connectivity index (χ0v) is 12.9. The van der Waals surface area contributed by atoms with E-state index in [4.69, 9.17) is 0 Å². The summed E-state index contributed by atoms with van der Waals surface area (Å²) < 4.78 is 12.9. The van der Waals surface area contributed by atoms with Crippen molar-refractivity contribution in [3.8, 4) is 0 Å². The quantitative estimate of drug-likeness (QED) is 0.885. The van der Waals surface area contributed by atoms with Gasteiger partial charge in [-0.1, -0.05) is 26.0 Å². The number of likely N-dealkylation sites (tertiary alicyclic amines) is 1. The lowest BCUT2D eigenvalue weighted by atomic mass is 10.0. The molecular weight excluding hydrogens is 251 g/mol. The van der Waals surface area contributed by atoms with Crippen LogP contribution in [0.4, 0.5) is 4.39 Å². The van der Waals surface area contributed by atoms with Gasteiger partial charge in [0.2, 0.25) is 0 Å². The van der Waals surface area contributed by atoms with Crippen molar-refractivity contribution in [2.75, 3.05) is 19.6 Å². The third kappa shape index (κ3) is 4.57. The van der Waals surface area contributed by atoms with Crippen molar-refractivity contribution in [3.63, 3.8) is 0 Å². The van der Waals surface area contributed by atoms with Crippen LogP contribution in [0.15, 0.2) is 24.3 Å². The van der Waals surface area contributed by atoms with E-state index in [1.165, 1.54) is 32.5 Å². The molecule has 2 nitrogen and oxygen atoms in total. The Labute approximate surface area is 122 Å². The highest BCUT2D eigenvalue weighted by molar-refractivity contribution is 5.19. The number of hydrogen-bond donors (Lipinski definition) is 1. The van der Waals surface area contributed by atoms with Gasteiger partial charge >= 0.3 is 0 Å². The average molecular weight is 278 g/mol. The largest absolute Gasteiger partial charge is 0.307 e. The van der Waals surface area contributed by atoms with Crippen LogP contribution in [0.25, 0.3) is 0 Å². The van der Waals surface area contributed by atoms with Gasteiger partial charge in [0.1, 0.15) is 5.82 Å². The second-order valence-electron chi connectivity index (χ2n) is 6.41. The first-order chi connectivity index (χ1) is 9.54. The third-order valence-electron chi connectivity index (χ3n) is 4.07. The summed E-state index contributed by atoms with van der Waals surface area (Å²) in [6.45, 7) is 10.3. The van der Waals surface area contributed by atoms with Crippen LogP contribution in [-0.4, -0.2) is 30.6 Å². The topological polar surface area (TPSA) is 15.3 Å². The first kappa shape index (κ1) is 15.5. The van der Waals surface area contributed by atoms with E-state index in [9.17, 15) is 4.39 Å². The number of hydrogen-bond acceptors (Lipinski definition) is 2. The molecule has 112 valence electrons. The van der Waals surface area contributed by atoms with Crippen molar-refractivity contribution in [3.05, 3.63) is 35.6 Å². The lowest BCUT2D eigenvalue weighted by Crippen LogP contribution is -2.44. The van der Waals surface area contributed by atoms with E-state index in [1.54, 1.807) is 12.1 Å². The number of halogens is 1. The standard InChI is InChI=1S/C17H27FN2/c1-13(2)12-20-10-8-17(9-11-20)19-14(3)15-4-6-16(18)7-5-15/h4-7,13-14,17,19H,8-12H2,1-3H3. The van der Waals surface area contributed by atoms with Crippen LogP contribution in [-0.2, 0) is 0 Å². The highest BCUT2D eigenvalue weighted by Crippen LogP contribution is 2.18. The molecule has 1 unspecified atom stereocenters. The van der Waals surface area contributed by atoms with E-state index < -0.39 is 0 Å². The van der Waals surface area contributed by atoms with E-state index in [-0.39, 0.29) is 11.9 Å². The monoisotopic (exact) mass is 278 g/mol. The predicted molar refractivity (Wildman–Crippen MR) is 82.3 cm³/mol. The summed E-state index contributed by atoms with van der Waals surface area (Å²) in [7, 11) is 0. The van der Waals surface area contributed by atoms with Gasteiger partial charge in [-0.2, -0.15) is 0 Å². The molecule has 0 radical (unpaired) electrons. The first-order valence-electron chi connectivity index (χ1n) is 7.78. The van der Waals surface area contributed by atoms with Crippen molar-refractivity contribution < 1.29 is 4.39 Å². The molecule has 0 aliphatic carbocycles. The fourth-order valence-electron chi connectivity index (χ4n) is 3.00. The van der Waals surface area contributed by atoms with Crippen molar-refractivity contribution in [2.24, 2.45) is 5.92 Å². The summed E-state index contributed by atoms with van der Waals surface area (Å²) in [5, 5.41) is 3.68. The molecule has 0 aromatic heterocycles. The zero-order chi connectivity index (χ0) is 14.5. The number of nitrogens with zero attached hydrogens (tertiary/aromatic N) is 1. The Bertz CT molecular complexity index is 394. The Morgan fingerprint density at radius 1 is 1.15 bits per heavy atom. The fourth-order valence-corrected chi connectivity index (χ4v) is 3.00. The zero-order valence-electron chi connectivity index (χ0n) is 12.9. The normalized spacial score (nSPS) is 19.4. The lowest BCUT2D eigenvalue weighted by molar-refractivity contribution is 0.175. The predicted octanol–water partition coefficient (Wildman–Crippen LogP) is 3.60. The third-order valence-corrected chi connectivity index (χ3v) is 4.07. The van der Waals surface area contributed by atoms with Gasteiger partial charge in [0.05, 0.1) is 0 Å². The lowest BCUT2D eigenvalue weighted by Gasteiger charge is -2.34. The van der Waals surface area contributed by atoms with E-state index in [0.717, 1.165) is 11.5 Å². The number of piperidine rings is 1. The van der Waals surface area contributed by atoms with Gasteiger partial charge in [0.25, 0.3) is 0 Å². The molecule has 20 heavy (non-hydrogen) atoms. The summed E-state index contributed by atoms with van der Waals surface area (Å²) in [5.41, 5.74) is 1.16. The maximum Gasteiger partial charge on any atom is 0.123 e. The Hall–Kier alpha value is -0.930. The fraction of sp³-hybridized carbons (Fsp3) is 0.647. The molecule has 1 aromatic carbocycles. The molecule has 1 aliphatic heterocycles. The summed E-state index contributed by atoms with van der Waals surface area (Å²) in [4.78, 5) is 2.56. The van der Waals surface area contributed by atoms with Crippen LogP contribution in [0.5, 0.6) is 0 Å². The van der Waals surface area contributed by atoms with Crippen LogP contribution < -0.4 is 5.32 Å². The Morgan fingerprint density at radius 2 is 1.75 bits per heavy atom. The summed E-state index contributed by atoms with van der Waals surface area (Å²) in [6, 6.07) is 7.70. The molecule has 0 bridgehead atoms. The van der Waals surface area contributed by atoms with Gasteiger partial charge in [-0.3, -0.25) is 0 Å². The van der Waals surface area contributed by atoms with E-state index in [1.807, 2.05) is 12.1 Å². The molecule has 2 rings (SSSR count). The SMILES string of the molecule is CC(C)CN1CCC(NC(C)c2ccc(F)cc2)CC1. The molecule has 1 aromatic rings. The molecule has 3 heteroatoms. The van der Waals surface area contributed by atoms with Gasteiger partial charge in [-0.25, -0.2) is 4.39 Å². The van der Waals surface area contributed by atoms with Crippen molar-refractivity contribution >= 4 is 0 Å². The Kier molecular flexibility index (Phi) is 5.55. The highest BCUT2D eigenvalue weighted by atomic mass is 19.1. The van der Waals surface area contributed by atoms with Gasteiger partial charge in [-0.15, -0.1) is 0 Å². The molecule has 0 saturated carbocycles. The maximum atomic E-state index is 12.9. The van der Waals surface area contributed by atoms with E-state index in [2.05, 4.69) is 31.0 Å². The van der Waals surface area contributed by atoms with E-state index >= 15 is 0 Å². The summed E-state index contributed by atoms with van der Waals surface area (Å²) >= 11 is 0. The van der Waals surface area contributed by atoms with Gasteiger partial charge in [0, 0.05) is 18.6 Å². The molecule has 0 spiro atoms. The molecule has 1 N–H and O–H groups in total. The smallest absolute Gasteiger partial charge is 0.123 e. The van der Waals surface area contributed by atoms with Gasteiger partial charge in [0.15, 0.2) is 0 Å². The second kappa shape index (κ2) is 7.19. The number of nitrogens with one attached hydrogen (secondary N) is 1. The van der Waals surface area contributed by atoms with Gasteiger partial charge < -0.3 is 10.2 Å². The Morgan fingerprint density at radius 3 is 2.30 bits per heavy atom. The molecule has 1 atom stereocenters. The van der Waals surface area contributed by atoms with E-state index in [0.29, 0.717) is 6.04 Å². The number of rotatable bonds is 5. The van der Waals surface area contributed by atoms with Gasteiger partial charge in [-0.05, 0) is 56.5 Å². The van der Waals surface area contributed by atoms with Crippen LogP contribution in [0.1, 0.15) is 45.2 Å². The maximum absolute atomic E-state index is 12.9. The molecule has 1 heterocycles. The van der Waals surface area contributed by atoms with Crippen LogP contribution in [0.3, 0.4) is 0 Å². The minimum Gasteiger partial charge on any atom is -0.307 e. The molecule has 1 aliphatic rings. The highest BCUT2D eigenvalue weighted by Gasteiger charge is 2.21. The Balaban J connectivity index is 1.79. The van der Waals surface area contributed by atoms with Crippen molar-refractivity contribution in [1.82, 2.24) is 10.2 Å². The second-order valence-corrected chi connectivity index (χ2v) is 6.41. The van der Waals surface area contributed by atoms with Crippen LogP contribution in [0, 0.1) is 11.7 Å². The molecule has 1 saturated heterocycles. The first-order valence-corrected chi connectivity index (χ1v) is 7.78. The number of benzene rings is 1. The van der Waals surface area contributed by atoms with Crippen LogP contribution >= 0.6 is 0 Å². The minimum atomic E-state index is -0.164. The summed E-state index contributed by atoms with van der Waals surface area (Å²) in [5.74, 6) is 0.584. The van der Waals surface area contributed by atoms with Crippen molar-refractivity contribution in [2.45, 2.75) is 45.7 Å². The minimum absolute atomic E-state index is 0.164. The average Bonchev–Trinajstić information content (AvgIpc) is 2.41. The molecular formula is C17H27FN2.